The molecule has 68 valence electrons. The highest BCUT2D eigenvalue weighted by Gasteiger charge is 2.30. The Morgan fingerprint density at radius 1 is 0.923 bits per heavy atom. The van der Waals surface area contributed by atoms with Crippen molar-refractivity contribution in [2.75, 3.05) is 13.2 Å². The molecule has 2 aliphatic heterocycles. The third-order valence-electron chi connectivity index (χ3n) is 3.38. The molecular weight excluding hydrogens is 160 g/mol. The monoisotopic (exact) mass is 174 g/mol. The fourth-order valence-corrected chi connectivity index (χ4v) is 2.67. The van der Waals surface area contributed by atoms with Crippen LogP contribution >= 0.6 is 0 Å². The lowest BCUT2D eigenvalue weighted by molar-refractivity contribution is 0.132. The summed E-state index contributed by atoms with van der Waals surface area (Å²) >= 11 is 0. The van der Waals surface area contributed by atoms with E-state index < -0.39 is 0 Å². The normalized spacial score (nSPS) is 31.1. The molecular formula is C12H14O. The molecule has 0 amide bonds. The predicted molar refractivity (Wildman–Crippen MR) is 52.0 cm³/mol. The standard InChI is InChI=1S/C12H14O/c1-2-4-12-10-6-5-9(7-13-8-10)11(12)3-1/h1-4,9-10H,5-8H2. The molecule has 1 fully saturated rings. The summed E-state index contributed by atoms with van der Waals surface area (Å²) in [6.45, 7) is 1.88. The van der Waals surface area contributed by atoms with Crippen LogP contribution in [0.15, 0.2) is 24.3 Å². The lowest BCUT2D eigenvalue weighted by Crippen LogP contribution is -2.12. The lowest BCUT2D eigenvalue weighted by atomic mass is 9.78. The first-order valence-electron chi connectivity index (χ1n) is 5.12. The van der Waals surface area contributed by atoms with Crippen molar-refractivity contribution in [1.29, 1.82) is 0 Å². The van der Waals surface area contributed by atoms with Crippen LogP contribution < -0.4 is 0 Å². The molecule has 1 saturated heterocycles. The zero-order valence-corrected chi connectivity index (χ0v) is 7.70. The summed E-state index contributed by atoms with van der Waals surface area (Å²) in [6, 6.07) is 8.86. The second-order valence-corrected chi connectivity index (χ2v) is 4.14. The molecule has 0 N–H and O–H groups in total. The van der Waals surface area contributed by atoms with E-state index in [0.29, 0.717) is 11.8 Å². The third kappa shape index (κ3) is 1.11. The largest absolute Gasteiger partial charge is 0.380 e. The fraction of sp³-hybridized carbons (Fsp3) is 0.500. The van der Waals surface area contributed by atoms with Crippen molar-refractivity contribution in [3.05, 3.63) is 35.4 Å². The summed E-state index contributed by atoms with van der Waals surface area (Å²) in [5, 5.41) is 0. The second kappa shape index (κ2) is 2.85. The van der Waals surface area contributed by atoms with Crippen molar-refractivity contribution in [1.82, 2.24) is 0 Å². The highest BCUT2D eigenvalue weighted by molar-refractivity contribution is 5.36. The van der Waals surface area contributed by atoms with E-state index in [1.54, 1.807) is 11.1 Å². The van der Waals surface area contributed by atoms with Crippen LogP contribution in [0, 0.1) is 0 Å². The Balaban J connectivity index is 2.15. The van der Waals surface area contributed by atoms with Crippen molar-refractivity contribution in [3.8, 4) is 0 Å². The first-order valence-corrected chi connectivity index (χ1v) is 5.12. The summed E-state index contributed by atoms with van der Waals surface area (Å²) in [5.74, 6) is 1.35. The molecule has 1 aromatic carbocycles. The lowest BCUT2D eigenvalue weighted by Gasteiger charge is -2.25. The van der Waals surface area contributed by atoms with Crippen LogP contribution in [0.5, 0.6) is 0 Å². The third-order valence-corrected chi connectivity index (χ3v) is 3.38. The van der Waals surface area contributed by atoms with E-state index in [1.807, 2.05) is 0 Å². The maximum absolute atomic E-state index is 5.66. The Morgan fingerprint density at radius 3 is 2.00 bits per heavy atom. The van der Waals surface area contributed by atoms with Crippen molar-refractivity contribution in [2.24, 2.45) is 0 Å². The highest BCUT2D eigenvalue weighted by atomic mass is 16.5. The van der Waals surface area contributed by atoms with Gasteiger partial charge in [0.15, 0.2) is 0 Å². The van der Waals surface area contributed by atoms with Gasteiger partial charge in [-0.25, -0.2) is 0 Å². The van der Waals surface area contributed by atoms with Gasteiger partial charge in [0.1, 0.15) is 0 Å². The van der Waals surface area contributed by atoms with E-state index in [0.717, 1.165) is 13.2 Å². The first kappa shape index (κ1) is 7.57. The van der Waals surface area contributed by atoms with E-state index in [4.69, 9.17) is 4.74 Å². The van der Waals surface area contributed by atoms with Crippen LogP contribution in [0.25, 0.3) is 0 Å². The quantitative estimate of drug-likeness (QED) is 0.587. The number of hydrogen-bond acceptors (Lipinski definition) is 1. The predicted octanol–water partition coefficient (Wildman–Crippen LogP) is 2.68. The number of rotatable bonds is 0. The van der Waals surface area contributed by atoms with Gasteiger partial charge in [-0.15, -0.1) is 0 Å². The minimum Gasteiger partial charge on any atom is -0.380 e. The fourth-order valence-electron chi connectivity index (χ4n) is 2.67. The van der Waals surface area contributed by atoms with Crippen LogP contribution in [-0.4, -0.2) is 13.2 Å². The Kier molecular flexibility index (Phi) is 1.66. The Bertz CT molecular complexity index is 284. The molecule has 1 heteroatoms. The molecule has 1 aromatic rings. The molecule has 3 aliphatic rings. The van der Waals surface area contributed by atoms with Gasteiger partial charge in [-0.05, 0) is 24.0 Å². The molecule has 0 aromatic heterocycles. The van der Waals surface area contributed by atoms with Gasteiger partial charge in [-0.1, -0.05) is 24.3 Å². The topological polar surface area (TPSA) is 9.23 Å². The second-order valence-electron chi connectivity index (χ2n) is 4.14. The summed E-state index contributed by atoms with van der Waals surface area (Å²) in [6.07, 6.45) is 2.64. The van der Waals surface area contributed by atoms with Crippen LogP contribution in [0.3, 0.4) is 0 Å². The molecule has 0 saturated carbocycles. The molecule has 1 aliphatic carbocycles. The number of ether oxygens (including phenoxy) is 1. The van der Waals surface area contributed by atoms with E-state index in [-0.39, 0.29) is 0 Å². The summed E-state index contributed by atoms with van der Waals surface area (Å²) in [5.41, 5.74) is 3.10. The molecule has 1 nitrogen and oxygen atoms in total. The maximum atomic E-state index is 5.66. The van der Waals surface area contributed by atoms with Gasteiger partial charge in [-0.2, -0.15) is 0 Å². The van der Waals surface area contributed by atoms with E-state index in [1.165, 1.54) is 12.8 Å². The molecule has 2 heterocycles. The SMILES string of the molecule is c1ccc2c(c1)C1CCC2COC1. The smallest absolute Gasteiger partial charge is 0.0535 e. The maximum Gasteiger partial charge on any atom is 0.0535 e. The Hall–Kier alpha value is -0.820. The molecule has 13 heavy (non-hydrogen) atoms. The van der Waals surface area contributed by atoms with E-state index in [9.17, 15) is 0 Å². The zero-order chi connectivity index (χ0) is 8.67. The van der Waals surface area contributed by atoms with Crippen molar-refractivity contribution in [2.45, 2.75) is 24.7 Å². The first-order chi connectivity index (χ1) is 6.45. The summed E-state index contributed by atoms with van der Waals surface area (Å²) < 4.78 is 5.66. The van der Waals surface area contributed by atoms with Gasteiger partial charge < -0.3 is 4.74 Å². The number of benzene rings is 1. The molecule has 0 spiro atoms. The summed E-state index contributed by atoms with van der Waals surface area (Å²) in [7, 11) is 0. The Labute approximate surface area is 78.7 Å². The van der Waals surface area contributed by atoms with Crippen molar-refractivity contribution in [3.63, 3.8) is 0 Å². The minimum absolute atomic E-state index is 0.676. The van der Waals surface area contributed by atoms with Crippen molar-refractivity contribution >= 4 is 0 Å². The molecule has 2 unspecified atom stereocenters. The van der Waals surface area contributed by atoms with Crippen LogP contribution in [0.2, 0.25) is 0 Å². The number of hydrogen-bond donors (Lipinski definition) is 0. The molecule has 0 radical (unpaired) electrons. The van der Waals surface area contributed by atoms with Crippen LogP contribution in [0.4, 0.5) is 0 Å². The number of fused-ring (bicyclic) bond motifs is 3. The zero-order valence-electron chi connectivity index (χ0n) is 7.70. The van der Waals surface area contributed by atoms with Gasteiger partial charge in [0.2, 0.25) is 0 Å². The van der Waals surface area contributed by atoms with Crippen LogP contribution in [-0.2, 0) is 4.74 Å². The van der Waals surface area contributed by atoms with Crippen LogP contribution in [0.1, 0.15) is 35.8 Å². The minimum atomic E-state index is 0.676. The van der Waals surface area contributed by atoms with Gasteiger partial charge in [0.05, 0.1) is 13.2 Å². The van der Waals surface area contributed by atoms with Gasteiger partial charge in [-0.3, -0.25) is 0 Å². The Morgan fingerprint density at radius 2 is 1.46 bits per heavy atom. The van der Waals surface area contributed by atoms with E-state index >= 15 is 0 Å². The van der Waals surface area contributed by atoms with Gasteiger partial charge in [0, 0.05) is 11.8 Å². The molecule has 2 bridgehead atoms. The van der Waals surface area contributed by atoms with E-state index in [2.05, 4.69) is 24.3 Å². The summed E-state index contributed by atoms with van der Waals surface area (Å²) in [4.78, 5) is 0. The average Bonchev–Trinajstić information content (AvgIpc) is 2.52. The molecule has 4 rings (SSSR count). The van der Waals surface area contributed by atoms with Gasteiger partial charge >= 0.3 is 0 Å². The average molecular weight is 174 g/mol. The molecule has 2 atom stereocenters. The highest BCUT2D eigenvalue weighted by Crippen LogP contribution is 2.41. The van der Waals surface area contributed by atoms with Crippen molar-refractivity contribution < 1.29 is 4.74 Å². The van der Waals surface area contributed by atoms with Gasteiger partial charge in [0.25, 0.3) is 0 Å².